The van der Waals surface area contributed by atoms with Crippen LogP contribution in [0.25, 0.3) is 0 Å². The summed E-state index contributed by atoms with van der Waals surface area (Å²) in [7, 11) is 0. The van der Waals surface area contributed by atoms with E-state index in [1.807, 2.05) is 0 Å². The average Bonchev–Trinajstić information content (AvgIpc) is 2.02. The Morgan fingerprint density at radius 1 is 1.23 bits per heavy atom. The summed E-state index contributed by atoms with van der Waals surface area (Å²) in [4.78, 5) is 26.5. The standard InChI is InChI=1S/C4H6O7.Fe.Zn/c5-2(4(7)11-9)1-3(6)10-8;;/h2,5,8-9H,1H2;;. The summed E-state index contributed by atoms with van der Waals surface area (Å²) in [6.45, 7) is 0. The van der Waals surface area contributed by atoms with Crippen molar-refractivity contribution in [3.63, 3.8) is 0 Å². The predicted octanol–water partition coefficient (Wildman–Crippen LogP) is -1.24. The third kappa shape index (κ3) is 8.30. The van der Waals surface area contributed by atoms with Gasteiger partial charge in [-0.1, -0.05) is 0 Å². The van der Waals surface area contributed by atoms with Gasteiger partial charge in [-0.3, -0.25) is 4.89 Å². The summed E-state index contributed by atoms with van der Waals surface area (Å²) < 4.78 is 0. The first-order valence-corrected chi connectivity index (χ1v) is 2.49. The third-order valence-corrected chi connectivity index (χ3v) is 0.824. The summed E-state index contributed by atoms with van der Waals surface area (Å²) >= 11 is 0. The first-order chi connectivity index (χ1) is 5.11. The summed E-state index contributed by atoms with van der Waals surface area (Å²) in [5.74, 6) is -2.60. The molecule has 0 aliphatic rings. The van der Waals surface area contributed by atoms with Gasteiger partial charge in [0.2, 0.25) is 0 Å². The second-order valence-corrected chi connectivity index (χ2v) is 1.59. The number of hydrogen-bond acceptors (Lipinski definition) is 7. The molecule has 0 amide bonds. The molecule has 0 spiro atoms. The fraction of sp³-hybridized carbons (Fsp3) is 0.500. The van der Waals surface area contributed by atoms with Gasteiger partial charge in [0.05, 0.1) is 6.42 Å². The molecule has 74 valence electrons. The Balaban J connectivity index is -0.000000500. The van der Waals surface area contributed by atoms with Crippen molar-refractivity contribution in [2.75, 3.05) is 0 Å². The molecular weight excluding hydrogens is 281 g/mol. The molecule has 1 unspecified atom stereocenters. The first kappa shape index (κ1) is 18.7. The maximum absolute atomic E-state index is 10.2. The Labute approximate surface area is 96.1 Å². The molecule has 0 heterocycles. The van der Waals surface area contributed by atoms with Crippen molar-refractivity contribution in [3.05, 3.63) is 0 Å². The van der Waals surface area contributed by atoms with E-state index >= 15 is 0 Å². The van der Waals surface area contributed by atoms with Crippen LogP contribution in [0.15, 0.2) is 0 Å². The van der Waals surface area contributed by atoms with Gasteiger partial charge < -0.3 is 9.99 Å². The maximum Gasteiger partial charge on any atom is 0.370 e. The molecule has 13 heavy (non-hydrogen) atoms. The van der Waals surface area contributed by atoms with Gasteiger partial charge in [-0.15, -0.1) is 0 Å². The van der Waals surface area contributed by atoms with Crippen LogP contribution in [0.5, 0.6) is 0 Å². The molecule has 0 aromatic rings. The summed E-state index contributed by atoms with van der Waals surface area (Å²) in [5, 5.41) is 23.9. The SMILES string of the molecule is O=C(CC(O)C(=O)OO)OO.[Fe].[Zn]. The smallest absolute Gasteiger partial charge is 0.370 e. The van der Waals surface area contributed by atoms with Crippen LogP contribution in [0, 0.1) is 0 Å². The van der Waals surface area contributed by atoms with Gasteiger partial charge in [-0.25, -0.2) is 9.59 Å². The van der Waals surface area contributed by atoms with E-state index < -0.39 is 24.5 Å². The number of aliphatic hydroxyl groups excluding tert-OH is 1. The van der Waals surface area contributed by atoms with Gasteiger partial charge in [0.15, 0.2) is 6.10 Å². The van der Waals surface area contributed by atoms with E-state index in [0.29, 0.717) is 0 Å². The van der Waals surface area contributed by atoms with Gasteiger partial charge in [0, 0.05) is 36.5 Å². The number of rotatable bonds is 3. The number of carbonyl (C=O) groups excluding carboxylic acids is 2. The van der Waals surface area contributed by atoms with Gasteiger partial charge in [0.1, 0.15) is 0 Å². The van der Waals surface area contributed by atoms with Crippen molar-refractivity contribution in [2.45, 2.75) is 12.5 Å². The van der Waals surface area contributed by atoms with E-state index in [0.717, 1.165) is 0 Å². The van der Waals surface area contributed by atoms with Crippen LogP contribution in [0.2, 0.25) is 0 Å². The Kier molecular flexibility index (Phi) is 14.4. The van der Waals surface area contributed by atoms with E-state index in [4.69, 9.17) is 15.6 Å². The minimum Gasteiger partial charge on any atom is -0.381 e. The molecule has 0 aliphatic carbocycles. The van der Waals surface area contributed by atoms with Crippen molar-refractivity contribution >= 4 is 11.9 Å². The van der Waals surface area contributed by atoms with Crippen LogP contribution in [0.3, 0.4) is 0 Å². The maximum atomic E-state index is 10.2. The van der Waals surface area contributed by atoms with Crippen LogP contribution in [-0.2, 0) is 55.9 Å². The zero-order valence-electron chi connectivity index (χ0n) is 6.32. The molecular formula is C4H6FeO7Zn. The second-order valence-electron chi connectivity index (χ2n) is 1.59. The van der Waals surface area contributed by atoms with Gasteiger partial charge in [-0.2, -0.15) is 10.5 Å². The molecule has 0 radical (unpaired) electrons. The average molecular weight is 287 g/mol. The van der Waals surface area contributed by atoms with Crippen LogP contribution in [0.4, 0.5) is 0 Å². The van der Waals surface area contributed by atoms with Gasteiger partial charge in [-0.05, 0) is 0 Å². The van der Waals surface area contributed by atoms with Crippen molar-refractivity contribution in [1.29, 1.82) is 0 Å². The molecule has 0 aromatic carbocycles. The van der Waals surface area contributed by atoms with Crippen molar-refractivity contribution in [3.8, 4) is 0 Å². The van der Waals surface area contributed by atoms with E-state index in [2.05, 4.69) is 9.78 Å². The minimum atomic E-state index is -1.83. The van der Waals surface area contributed by atoms with Crippen LogP contribution < -0.4 is 0 Å². The monoisotopic (exact) mass is 286 g/mol. The molecule has 9 heteroatoms. The summed E-state index contributed by atoms with van der Waals surface area (Å²) in [6, 6.07) is 0. The minimum absolute atomic E-state index is 0. The Bertz CT molecular complexity index is 163. The van der Waals surface area contributed by atoms with Crippen molar-refractivity contribution in [1.82, 2.24) is 0 Å². The number of hydrogen-bond donors (Lipinski definition) is 3. The zero-order chi connectivity index (χ0) is 8.85. The van der Waals surface area contributed by atoms with E-state index in [1.54, 1.807) is 0 Å². The molecule has 0 aromatic heterocycles. The predicted molar refractivity (Wildman–Crippen MR) is 28.1 cm³/mol. The Morgan fingerprint density at radius 2 is 1.69 bits per heavy atom. The van der Waals surface area contributed by atoms with Crippen LogP contribution in [0.1, 0.15) is 6.42 Å². The molecule has 1 atom stereocenters. The number of carbonyl (C=O) groups is 2. The Morgan fingerprint density at radius 3 is 2.00 bits per heavy atom. The quantitative estimate of drug-likeness (QED) is 0.338. The molecule has 0 saturated heterocycles. The summed E-state index contributed by atoms with van der Waals surface area (Å²) in [6.07, 6.45) is -2.62. The fourth-order valence-electron chi connectivity index (χ4n) is 0.339. The molecule has 0 bridgehead atoms. The van der Waals surface area contributed by atoms with Crippen molar-refractivity contribution in [2.24, 2.45) is 0 Å². The fourth-order valence-corrected chi connectivity index (χ4v) is 0.339. The van der Waals surface area contributed by atoms with Crippen molar-refractivity contribution < 1.29 is 71.5 Å². The number of aliphatic hydroxyl groups is 1. The van der Waals surface area contributed by atoms with Gasteiger partial charge in [0.25, 0.3) is 0 Å². The second kappa shape index (κ2) is 10.0. The summed E-state index contributed by atoms with van der Waals surface area (Å²) in [5.41, 5.74) is 0. The van der Waals surface area contributed by atoms with E-state index in [-0.39, 0.29) is 36.5 Å². The molecule has 0 fully saturated rings. The van der Waals surface area contributed by atoms with Crippen LogP contribution in [-0.4, -0.2) is 33.7 Å². The van der Waals surface area contributed by atoms with E-state index in [1.165, 1.54) is 0 Å². The normalized spacial score (nSPS) is 10.1. The topological polar surface area (TPSA) is 113 Å². The first-order valence-electron chi connectivity index (χ1n) is 2.49. The van der Waals surface area contributed by atoms with E-state index in [9.17, 15) is 9.59 Å². The van der Waals surface area contributed by atoms with Gasteiger partial charge >= 0.3 is 11.9 Å². The molecule has 7 nitrogen and oxygen atoms in total. The van der Waals surface area contributed by atoms with Crippen LogP contribution >= 0.6 is 0 Å². The largest absolute Gasteiger partial charge is 0.381 e. The molecule has 0 aliphatic heterocycles. The Hall–Kier alpha value is -0.0371. The molecule has 0 saturated carbocycles. The zero-order valence-corrected chi connectivity index (χ0v) is 10.4. The third-order valence-electron chi connectivity index (χ3n) is 0.824. The molecule has 3 N–H and O–H groups in total. The molecule has 0 rings (SSSR count).